The van der Waals surface area contributed by atoms with Gasteiger partial charge in [-0.3, -0.25) is 9.79 Å². The fourth-order valence-corrected chi connectivity index (χ4v) is 0.796. The maximum absolute atomic E-state index is 13.0. The van der Waals surface area contributed by atoms with Gasteiger partial charge in [0.05, 0.1) is 6.20 Å². The summed E-state index contributed by atoms with van der Waals surface area (Å²) in [7, 11) is 0. The van der Waals surface area contributed by atoms with Crippen LogP contribution in [0.3, 0.4) is 0 Å². The van der Waals surface area contributed by atoms with Crippen LogP contribution in [0, 0.1) is 0 Å². The molecule has 0 amide bonds. The third kappa shape index (κ3) is 3.36. The Balaban J connectivity index is 2.49. The van der Waals surface area contributed by atoms with E-state index in [2.05, 4.69) is 4.99 Å². The smallest absolute Gasteiger partial charge is 0.204 e. The van der Waals surface area contributed by atoms with E-state index in [1.54, 1.807) is 0 Å². The molecule has 72 valence electrons. The Labute approximate surface area is 76.3 Å². The Morgan fingerprint density at radius 3 is 2.92 bits per heavy atom. The van der Waals surface area contributed by atoms with Gasteiger partial charge in [0.25, 0.3) is 0 Å². The Morgan fingerprint density at radius 2 is 2.38 bits per heavy atom. The minimum atomic E-state index is -1.43. The third-order valence-electron chi connectivity index (χ3n) is 1.42. The van der Waals surface area contributed by atoms with E-state index in [-0.39, 0.29) is 24.6 Å². The second-order valence-electron chi connectivity index (χ2n) is 3.46. The lowest BCUT2D eigenvalue weighted by molar-refractivity contribution is -0.118. The number of aliphatic imine (C=N–C) groups is 1. The van der Waals surface area contributed by atoms with Gasteiger partial charge in [-0.2, -0.15) is 0 Å². The zero-order chi connectivity index (χ0) is 9.90. The monoisotopic (exact) mass is 185 g/mol. The molecule has 13 heavy (non-hydrogen) atoms. The van der Waals surface area contributed by atoms with Crippen LogP contribution in [0.5, 0.6) is 0 Å². The first-order valence-corrected chi connectivity index (χ1v) is 4.06. The van der Waals surface area contributed by atoms with Gasteiger partial charge in [-0.1, -0.05) is 0 Å². The highest BCUT2D eigenvalue weighted by molar-refractivity contribution is 6.03. The number of allylic oxidation sites excluding steroid dienone is 1. The minimum Gasteiger partial charge on any atom is -0.485 e. The quantitative estimate of drug-likeness (QED) is 0.670. The average Bonchev–Trinajstić information content (AvgIpc) is 2.01. The van der Waals surface area contributed by atoms with Crippen molar-refractivity contribution in [2.45, 2.75) is 25.9 Å². The first-order valence-electron chi connectivity index (χ1n) is 4.06. The van der Waals surface area contributed by atoms with Crippen LogP contribution in [-0.2, 0) is 9.53 Å². The summed E-state index contributed by atoms with van der Waals surface area (Å²) in [4.78, 5) is 14.9. The predicted molar refractivity (Wildman–Crippen MR) is 47.3 cm³/mol. The van der Waals surface area contributed by atoms with Crippen LogP contribution in [0.2, 0.25) is 0 Å². The van der Waals surface area contributed by atoms with E-state index in [1.807, 2.05) is 0 Å². The van der Waals surface area contributed by atoms with Crippen LogP contribution < -0.4 is 0 Å². The van der Waals surface area contributed by atoms with E-state index >= 15 is 0 Å². The molecular formula is C9H12FNO2. The van der Waals surface area contributed by atoms with Crippen LogP contribution in [0.25, 0.3) is 0 Å². The fraction of sp³-hybridized carbons (Fsp3) is 0.556. The molecule has 0 aromatic heterocycles. The largest absolute Gasteiger partial charge is 0.485 e. The zero-order valence-corrected chi connectivity index (χ0v) is 7.71. The Hall–Kier alpha value is -1.19. The summed E-state index contributed by atoms with van der Waals surface area (Å²) in [5.74, 6) is -0.00697. The number of alkyl halides is 1. The van der Waals surface area contributed by atoms with Gasteiger partial charge in [0.2, 0.25) is 5.78 Å². The van der Waals surface area contributed by atoms with Gasteiger partial charge in [0.15, 0.2) is 5.76 Å². The van der Waals surface area contributed by atoms with E-state index < -0.39 is 5.67 Å². The molecule has 0 unspecified atom stereocenters. The van der Waals surface area contributed by atoms with Gasteiger partial charge in [-0.15, -0.1) is 0 Å². The maximum atomic E-state index is 13.0. The summed E-state index contributed by atoms with van der Waals surface area (Å²) in [6, 6.07) is 0. The minimum absolute atomic E-state index is 0.125. The van der Waals surface area contributed by atoms with E-state index in [4.69, 9.17) is 4.74 Å². The summed E-state index contributed by atoms with van der Waals surface area (Å²) < 4.78 is 18.0. The number of hydrogen-bond donors (Lipinski definition) is 0. The van der Waals surface area contributed by atoms with Gasteiger partial charge in [-0.25, -0.2) is 4.39 Å². The maximum Gasteiger partial charge on any atom is 0.204 e. The molecule has 0 N–H and O–H groups in total. The van der Waals surface area contributed by atoms with Gasteiger partial charge in [0.1, 0.15) is 12.3 Å². The summed E-state index contributed by atoms with van der Waals surface area (Å²) >= 11 is 0. The molecule has 1 aliphatic heterocycles. The lowest BCUT2D eigenvalue weighted by Gasteiger charge is -2.16. The van der Waals surface area contributed by atoms with Gasteiger partial charge >= 0.3 is 0 Å². The Morgan fingerprint density at radius 1 is 1.69 bits per heavy atom. The molecule has 0 atom stereocenters. The first-order chi connectivity index (χ1) is 5.99. The fourth-order valence-electron chi connectivity index (χ4n) is 0.796. The van der Waals surface area contributed by atoms with Crippen molar-refractivity contribution in [3.63, 3.8) is 0 Å². The van der Waals surface area contributed by atoms with Crippen molar-refractivity contribution in [3.8, 4) is 0 Å². The van der Waals surface area contributed by atoms with Crippen molar-refractivity contribution < 1.29 is 13.9 Å². The van der Waals surface area contributed by atoms with Crippen molar-refractivity contribution in [2.75, 3.05) is 6.61 Å². The average molecular weight is 185 g/mol. The molecule has 0 aromatic carbocycles. The van der Waals surface area contributed by atoms with Crippen LogP contribution in [-0.4, -0.2) is 24.3 Å². The number of halogens is 1. The van der Waals surface area contributed by atoms with Crippen molar-refractivity contribution in [2.24, 2.45) is 4.99 Å². The van der Waals surface area contributed by atoms with Crippen molar-refractivity contribution >= 4 is 12.0 Å². The van der Waals surface area contributed by atoms with E-state index in [0.29, 0.717) is 0 Å². The zero-order valence-electron chi connectivity index (χ0n) is 7.71. The highest BCUT2D eigenvalue weighted by Crippen LogP contribution is 2.13. The molecule has 0 spiro atoms. The number of nitrogens with zero attached hydrogens (tertiary/aromatic N) is 1. The molecular weight excluding hydrogens is 173 g/mol. The topological polar surface area (TPSA) is 38.7 Å². The first kappa shape index (κ1) is 9.89. The number of ketones is 1. The summed E-state index contributed by atoms with van der Waals surface area (Å²) in [6.45, 7) is 2.66. The van der Waals surface area contributed by atoms with Gasteiger partial charge in [-0.05, 0) is 13.8 Å². The van der Waals surface area contributed by atoms with E-state index in [9.17, 15) is 9.18 Å². The molecule has 3 nitrogen and oxygen atoms in total. The van der Waals surface area contributed by atoms with Crippen molar-refractivity contribution in [1.82, 2.24) is 0 Å². The molecule has 1 rings (SSSR count). The number of Topliss-reactive ketones (excluding diaryl/α,β-unsaturated/α-hetero) is 1. The van der Waals surface area contributed by atoms with E-state index in [0.717, 1.165) is 0 Å². The second-order valence-corrected chi connectivity index (χ2v) is 3.46. The van der Waals surface area contributed by atoms with Gasteiger partial charge in [0, 0.05) is 12.6 Å². The number of rotatable bonds is 3. The molecule has 0 radical (unpaired) electrons. The molecule has 1 heterocycles. The molecule has 0 saturated heterocycles. The molecule has 4 heteroatoms. The van der Waals surface area contributed by atoms with Gasteiger partial charge < -0.3 is 4.74 Å². The highest BCUT2D eigenvalue weighted by atomic mass is 19.1. The number of hydrogen-bond acceptors (Lipinski definition) is 3. The number of ether oxygens (including phenoxy) is 1. The van der Waals surface area contributed by atoms with Crippen molar-refractivity contribution in [1.29, 1.82) is 0 Å². The summed E-state index contributed by atoms with van der Waals surface area (Å²) in [5.41, 5.74) is -1.43. The van der Waals surface area contributed by atoms with Crippen LogP contribution >= 0.6 is 0 Å². The SMILES string of the molecule is CC(C)(F)COC1=CN=CCC1=O. The van der Waals surface area contributed by atoms with E-state index in [1.165, 1.54) is 26.3 Å². The molecule has 0 saturated carbocycles. The lowest BCUT2D eigenvalue weighted by Crippen LogP contribution is -2.22. The van der Waals surface area contributed by atoms with Crippen LogP contribution in [0.4, 0.5) is 4.39 Å². The predicted octanol–water partition coefficient (Wildman–Crippen LogP) is 1.64. The summed E-state index contributed by atoms with van der Waals surface area (Å²) in [6.07, 6.45) is 3.05. The molecule has 0 bridgehead atoms. The normalized spacial score (nSPS) is 17.2. The third-order valence-corrected chi connectivity index (χ3v) is 1.42. The summed E-state index contributed by atoms with van der Waals surface area (Å²) in [5, 5.41) is 0. The molecule has 0 fully saturated rings. The highest BCUT2D eigenvalue weighted by Gasteiger charge is 2.20. The lowest BCUT2D eigenvalue weighted by atomic mass is 10.2. The Kier molecular flexibility index (Phi) is 2.80. The van der Waals surface area contributed by atoms with Crippen LogP contribution in [0.1, 0.15) is 20.3 Å². The molecule has 0 aromatic rings. The molecule has 1 aliphatic rings. The second kappa shape index (κ2) is 3.68. The number of carbonyl (C=O) groups is 1. The molecule has 0 aliphatic carbocycles. The Bertz CT molecular complexity index is 263. The van der Waals surface area contributed by atoms with Crippen LogP contribution in [0.15, 0.2) is 17.0 Å². The van der Waals surface area contributed by atoms with Crippen molar-refractivity contribution in [3.05, 3.63) is 12.0 Å². The number of carbonyl (C=O) groups excluding carboxylic acids is 1. The standard InChI is InChI=1S/C9H12FNO2/c1-9(2,10)6-13-8-5-11-4-3-7(8)12/h4-5H,3,6H2,1-2H3.